The molecule has 0 amide bonds. The Balaban J connectivity index is 1.88. The highest BCUT2D eigenvalue weighted by atomic mass is 16.4. The van der Waals surface area contributed by atoms with Crippen LogP contribution in [0.2, 0.25) is 0 Å². The summed E-state index contributed by atoms with van der Waals surface area (Å²) in [6.07, 6.45) is 3.34. The van der Waals surface area contributed by atoms with E-state index in [2.05, 4.69) is 19.2 Å². The van der Waals surface area contributed by atoms with Crippen molar-refractivity contribution in [2.45, 2.75) is 39.2 Å². The summed E-state index contributed by atoms with van der Waals surface area (Å²) in [7, 11) is 0. The van der Waals surface area contributed by atoms with Crippen LogP contribution in [0.1, 0.15) is 33.1 Å². The molecule has 0 aromatic carbocycles. The molecule has 1 spiro atoms. The zero-order valence-corrected chi connectivity index (χ0v) is 8.92. The van der Waals surface area contributed by atoms with Crippen LogP contribution in [0.25, 0.3) is 0 Å². The van der Waals surface area contributed by atoms with Crippen LogP contribution in [0.5, 0.6) is 0 Å². The minimum Gasteiger partial charge on any atom is -0.480 e. The van der Waals surface area contributed by atoms with Crippen LogP contribution < -0.4 is 5.32 Å². The van der Waals surface area contributed by atoms with Crippen LogP contribution in [0.15, 0.2) is 0 Å². The summed E-state index contributed by atoms with van der Waals surface area (Å²) in [4.78, 5) is 10.8. The second kappa shape index (κ2) is 3.23. The monoisotopic (exact) mass is 197 g/mol. The Kier molecular flexibility index (Phi) is 2.30. The van der Waals surface area contributed by atoms with Crippen molar-refractivity contribution in [2.24, 2.45) is 17.3 Å². The summed E-state index contributed by atoms with van der Waals surface area (Å²) in [5, 5.41) is 12.0. The Hall–Kier alpha value is -0.570. The Morgan fingerprint density at radius 2 is 2.29 bits per heavy atom. The summed E-state index contributed by atoms with van der Waals surface area (Å²) < 4.78 is 0. The highest BCUT2D eigenvalue weighted by Crippen LogP contribution is 2.60. The van der Waals surface area contributed by atoms with E-state index in [0.29, 0.717) is 5.41 Å². The second-order valence-corrected chi connectivity index (χ2v) is 5.37. The topological polar surface area (TPSA) is 49.3 Å². The van der Waals surface area contributed by atoms with Gasteiger partial charge in [-0.1, -0.05) is 13.8 Å². The van der Waals surface area contributed by atoms with E-state index in [0.717, 1.165) is 24.8 Å². The predicted molar refractivity (Wildman–Crippen MR) is 54.0 cm³/mol. The molecule has 80 valence electrons. The third-order valence-electron chi connectivity index (χ3n) is 3.72. The van der Waals surface area contributed by atoms with Crippen molar-refractivity contribution < 1.29 is 9.90 Å². The zero-order valence-electron chi connectivity index (χ0n) is 8.92. The number of aliphatic carboxylic acids is 1. The number of carbonyl (C=O) groups is 1. The van der Waals surface area contributed by atoms with E-state index >= 15 is 0 Å². The Bertz CT molecular complexity index is 252. The zero-order chi connectivity index (χ0) is 10.3. The molecule has 0 radical (unpaired) electrons. The molecule has 2 rings (SSSR count). The summed E-state index contributed by atoms with van der Waals surface area (Å²) in [6.45, 7) is 5.40. The number of carboxylic acids is 1. The van der Waals surface area contributed by atoms with Crippen LogP contribution in [0.4, 0.5) is 0 Å². The molecule has 0 unspecified atom stereocenters. The minimum atomic E-state index is -0.683. The molecule has 3 heteroatoms. The average molecular weight is 197 g/mol. The lowest BCUT2D eigenvalue weighted by Crippen LogP contribution is -2.29. The van der Waals surface area contributed by atoms with Crippen molar-refractivity contribution in [3.63, 3.8) is 0 Å². The third kappa shape index (κ3) is 1.65. The Morgan fingerprint density at radius 3 is 2.79 bits per heavy atom. The maximum atomic E-state index is 10.8. The Labute approximate surface area is 84.9 Å². The van der Waals surface area contributed by atoms with Gasteiger partial charge in [0.15, 0.2) is 0 Å². The largest absolute Gasteiger partial charge is 0.480 e. The number of nitrogens with one attached hydrogen (secondary N) is 1. The number of hydrogen-bond acceptors (Lipinski definition) is 2. The molecule has 2 aliphatic rings. The van der Waals surface area contributed by atoms with Crippen molar-refractivity contribution in [1.29, 1.82) is 0 Å². The molecular formula is C11H19NO2. The van der Waals surface area contributed by atoms with E-state index in [4.69, 9.17) is 5.11 Å². The number of carboxylic acid groups (broad SMARTS) is 1. The van der Waals surface area contributed by atoms with E-state index in [1.165, 1.54) is 12.8 Å². The van der Waals surface area contributed by atoms with Gasteiger partial charge in [-0.25, -0.2) is 0 Å². The molecule has 14 heavy (non-hydrogen) atoms. The first-order valence-corrected chi connectivity index (χ1v) is 5.50. The van der Waals surface area contributed by atoms with Crippen molar-refractivity contribution in [3.8, 4) is 0 Å². The molecule has 3 nitrogen and oxygen atoms in total. The van der Waals surface area contributed by atoms with Gasteiger partial charge in [0.25, 0.3) is 0 Å². The fraction of sp³-hybridized carbons (Fsp3) is 0.909. The summed E-state index contributed by atoms with van der Waals surface area (Å²) in [6, 6.07) is -0.285. The first-order valence-electron chi connectivity index (χ1n) is 5.50. The van der Waals surface area contributed by atoms with Gasteiger partial charge >= 0.3 is 5.97 Å². The smallest absolute Gasteiger partial charge is 0.320 e. The van der Waals surface area contributed by atoms with Gasteiger partial charge in [0.05, 0.1) is 0 Å². The molecule has 1 heterocycles. The van der Waals surface area contributed by atoms with Crippen LogP contribution in [-0.2, 0) is 4.79 Å². The van der Waals surface area contributed by atoms with E-state index in [1.54, 1.807) is 0 Å². The fourth-order valence-corrected chi connectivity index (χ4v) is 2.85. The molecule has 1 aliphatic heterocycles. The highest BCUT2D eigenvalue weighted by molar-refractivity contribution is 5.74. The van der Waals surface area contributed by atoms with Gasteiger partial charge in [-0.2, -0.15) is 0 Å². The van der Waals surface area contributed by atoms with E-state index in [9.17, 15) is 4.79 Å². The van der Waals surface area contributed by atoms with Crippen molar-refractivity contribution >= 4 is 5.97 Å². The lowest BCUT2D eigenvalue weighted by molar-refractivity contribution is -0.139. The fourth-order valence-electron chi connectivity index (χ4n) is 2.85. The lowest BCUT2D eigenvalue weighted by Gasteiger charge is -2.09. The first kappa shape index (κ1) is 9.97. The molecule has 1 saturated carbocycles. The van der Waals surface area contributed by atoms with Crippen LogP contribution in [0.3, 0.4) is 0 Å². The predicted octanol–water partition coefficient (Wildman–Crippen LogP) is 1.49. The normalized spacial score (nSPS) is 40.8. The van der Waals surface area contributed by atoms with E-state index < -0.39 is 5.97 Å². The standard InChI is InChI=1S/C11H19NO2/c1-7(2)3-8-4-11(8)5-9(10(13)14)12-6-11/h7-9,12H,3-6H2,1-2H3,(H,13,14)/t8-,9+,11-/m1/s1. The molecule has 2 fully saturated rings. The SMILES string of the molecule is CC(C)C[C@@H]1C[C@@]12CN[C@H](C(=O)O)C2. The lowest BCUT2D eigenvalue weighted by atomic mass is 9.95. The van der Waals surface area contributed by atoms with Gasteiger partial charge in [0, 0.05) is 6.54 Å². The molecule has 0 aromatic heterocycles. The van der Waals surface area contributed by atoms with E-state index in [1.807, 2.05) is 0 Å². The summed E-state index contributed by atoms with van der Waals surface area (Å²) >= 11 is 0. The van der Waals surface area contributed by atoms with Gasteiger partial charge in [-0.05, 0) is 36.5 Å². The molecular weight excluding hydrogens is 178 g/mol. The Morgan fingerprint density at radius 1 is 1.57 bits per heavy atom. The summed E-state index contributed by atoms with van der Waals surface area (Å²) in [5.74, 6) is 0.833. The highest BCUT2D eigenvalue weighted by Gasteiger charge is 2.58. The van der Waals surface area contributed by atoms with Crippen molar-refractivity contribution in [1.82, 2.24) is 5.32 Å². The first-order chi connectivity index (χ1) is 6.53. The average Bonchev–Trinajstić information content (AvgIpc) is 2.57. The molecule has 1 saturated heterocycles. The number of hydrogen-bond donors (Lipinski definition) is 2. The second-order valence-electron chi connectivity index (χ2n) is 5.37. The third-order valence-corrected chi connectivity index (χ3v) is 3.72. The van der Waals surface area contributed by atoms with Gasteiger partial charge < -0.3 is 10.4 Å². The maximum Gasteiger partial charge on any atom is 0.320 e. The molecule has 0 aromatic rings. The minimum absolute atomic E-state index is 0.285. The van der Waals surface area contributed by atoms with Crippen molar-refractivity contribution in [2.75, 3.05) is 6.54 Å². The van der Waals surface area contributed by atoms with Gasteiger partial charge in [-0.15, -0.1) is 0 Å². The molecule has 1 aliphatic carbocycles. The van der Waals surface area contributed by atoms with E-state index in [-0.39, 0.29) is 6.04 Å². The van der Waals surface area contributed by atoms with Crippen molar-refractivity contribution in [3.05, 3.63) is 0 Å². The molecule has 3 atom stereocenters. The molecule has 2 N–H and O–H groups in total. The molecule has 0 bridgehead atoms. The van der Waals surface area contributed by atoms with Gasteiger partial charge in [0.2, 0.25) is 0 Å². The quantitative estimate of drug-likeness (QED) is 0.720. The van der Waals surface area contributed by atoms with Crippen LogP contribution in [-0.4, -0.2) is 23.7 Å². The summed E-state index contributed by atoms with van der Waals surface area (Å²) in [5.41, 5.74) is 0.354. The maximum absolute atomic E-state index is 10.8. The van der Waals surface area contributed by atoms with Crippen LogP contribution >= 0.6 is 0 Å². The number of rotatable bonds is 3. The van der Waals surface area contributed by atoms with Gasteiger partial charge in [-0.3, -0.25) is 4.79 Å². The van der Waals surface area contributed by atoms with Gasteiger partial charge in [0.1, 0.15) is 6.04 Å². The van der Waals surface area contributed by atoms with Crippen LogP contribution in [0, 0.1) is 17.3 Å².